The van der Waals surface area contributed by atoms with Crippen LogP contribution in [0.25, 0.3) is 11.3 Å². The topological polar surface area (TPSA) is 62.6 Å². The fourth-order valence-corrected chi connectivity index (χ4v) is 3.34. The molecular formula is C22H19FN2O3. The van der Waals surface area contributed by atoms with Crippen LogP contribution in [0.1, 0.15) is 28.6 Å². The van der Waals surface area contributed by atoms with Gasteiger partial charge in [-0.05, 0) is 54.6 Å². The lowest BCUT2D eigenvalue weighted by Crippen LogP contribution is -2.35. The van der Waals surface area contributed by atoms with Crippen molar-refractivity contribution in [2.75, 3.05) is 11.9 Å². The van der Waals surface area contributed by atoms with Gasteiger partial charge in [0.1, 0.15) is 17.3 Å². The van der Waals surface area contributed by atoms with Crippen LogP contribution in [0, 0.1) is 5.82 Å². The maximum atomic E-state index is 13.1. The summed E-state index contributed by atoms with van der Waals surface area (Å²) in [5, 5.41) is 2.73. The molecule has 3 aromatic rings. The van der Waals surface area contributed by atoms with E-state index in [9.17, 15) is 14.0 Å². The predicted octanol–water partition coefficient (Wildman–Crippen LogP) is 4.24. The molecular weight excluding hydrogens is 359 g/mol. The van der Waals surface area contributed by atoms with Gasteiger partial charge in [-0.25, -0.2) is 4.39 Å². The number of benzene rings is 2. The Labute approximate surface area is 161 Å². The van der Waals surface area contributed by atoms with Crippen LogP contribution >= 0.6 is 0 Å². The van der Waals surface area contributed by atoms with Gasteiger partial charge in [0.2, 0.25) is 5.91 Å². The summed E-state index contributed by atoms with van der Waals surface area (Å²) in [4.78, 5) is 25.5. The minimum atomic E-state index is -0.360. The van der Waals surface area contributed by atoms with Crippen molar-refractivity contribution in [3.05, 3.63) is 77.3 Å². The molecule has 0 saturated carbocycles. The van der Waals surface area contributed by atoms with Gasteiger partial charge in [-0.2, -0.15) is 0 Å². The number of nitrogens with one attached hydrogen (secondary N) is 1. The van der Waals surface area contributed by atoms with E-state index in [2.05, 4.69) is 5.32 Å². The molecule has 142 valence electrons. The normalized spacial score (nSPS) is 13.1. The molecule has 0 radical (unpaired) electrons. The maximum absolute atomic E-state index is 13.1. The number of furan rings is 1. The fourth-order valence-electron chi connectivity index (χ4n) is 3.34. The Hall–Kier alpha value is -3.41. The molecule has 6 heteroatoms. The molecule has 5 nitrogen and oxygen atoms in total. The van der Waals surface area contributed by atoms with Gasteiger partial charge in [0.05, 0.1) is 0 Å². The largest absolute Gasteiger partial charge is 0.461 e. The lowest BCUT2D eigenvalue weighted by molar-refractivity contribution is -0.114. The van der Waals surface area contributed by atoms with E-state index in [1.807, 2.05) is 30.3 Å². The van der Waals surface area contributed by atoms with Crippen molar-refractivity contribution in [2.24, 2.45) is 0 Å². The van der Waals surface area contributed by atoms with Crippen LogP contribution < -0.4 is 5.32 Å². The van der Waals surface area contributed by atoms with Crippen LogP contribution in [0.3, 0.4) is 0 Å². The smallest absolute Gasteiger partial charge is 0.254 e. The molecule has 1 N–H and O–H groups in total. The summed E-state index contributed by atoms with van der Waals surface area (Å²) in [6.45, 7) is 2.48. The van der Waals surface area contributed by atoms with E-state index >= 15 is 0 Å². The van der Waals surface area contributed by atoms with E-state index in [0.29, 0.717) is 25.1 Å². The molecule has 0 atom stereocenters. The van der Waals surface area contributed by atoms with Crippen molar-refractivity contribution >= 4 is 17.5 Å². The van der Waals surface area contributed by atoms with Gasteiger partial charge in [-0.15, -0.1) is 0 Å². The Morgan fingerprint density at radius 2 is 1.79 bits per heavy atom. The van der Waals surface area contributed by atoms with Gasteiger partial charge in [0, 0.05) is 48.8 Å². The summed E-state index contributed by atoms with van der Waals surface area (Å²) in [6, 6.07) is 15.0. The molecule has 0 saturated heterocycles. The second kappa shape index (κ2) is 7.31. The average molecular weight is 378 g/mol. The molecule has 0 aliphatic carbocycles. The first-order valence-corrected chi connectivity index (χ1v) is 9.04. The zero-order valence-electron chi connectivity index (χ0n) is 15.4. The number of halogens is 1. The van der Waals surface area contributed by atoms with Crippen LogP contribution in [0.15, 0.2) is 59.0 Å². The summed E-state index contributed by atoms with van der Waals surface area (Å²) in [5.74, 6) is 1.02. The fraction of sp³-hybridized carbons (Fsp3) is 0.182. The molecule has 1 aliphatic rings. The van der Waals surface area contributed by atoms with E-state index in [4.69, 9.17) is 4.42 Å². The lowest BCUT2D eigenvalue weighted by atomic mass is 10.1. The van der Waals surface area contributed by atoms with Gasteiger partial charge in [0.15, 0.2) is 0 Å². The summed E-state index contributed by atoms with van der Waals surface area (Å²) in [6.07, 6.45) is 0.631. The Morgan fingerprint density at radius 3 is 2.46 bits per heavy atom. The molecule has 0 fully saturated rings. The number of nitrogens with zero attached hydrogens (tertiary/aromatic N) is 1. The third kappa shape index (κ3) is 3.67. The van der Waals surface area contributed by atoms with Gasteiger partial charge in [-0.1, -0.05) is 0 Å². The molecule has 2 amide bonds. The highest BCUT2D eigenvalue weighted by Crippen LogP contribution is 2.30. The number of anilines is 1. The molecule has 0 spiro atoms. The zero-order chi connectivity index (χ0) is 19.7. The van der Waals surface area contributed by atoms with Gasteiger partial charge >= 0.3 is 0 Å². The van der Waals surface area contributed by atoms with E-state index in [1.165, 1.54) is 31.2 Å². The van der Waals surface area contributed by atoms with Crippen LogP contribution in [0.4, 0.5) is 10.1 Å². The number of hydrogen-bond acceptors (Lipinski definition) is 3. The highest BCUT2D eigenvalue weighted by molar-refractivity contribution is 5.94. The van der Waals surface area contributed by atoms with Crippen LogP contribution in [0.2, 0.25) is 0 Å². The molecule has 0 bridgehead atoms. The SMILES string of the molecule is CC(=O)Nc1ccc(-c2cc3c(o2)CCN(C(=O)c2ccc(F)cc2)C3)cc1. The number of carbonyl (C=O) groups is 2. The molecule has 4 rings (SSSR count). The van der Waals surface area contributed by atoms with Gasteiger partial charge in [0.25, 0.3) is 5.91 Å². The number of fused-ring (bicyclic) bond motifs is 1. The number of rotatable bonds is 3. The third-order valence-electron chi connectivity index (χ3n) is 4.73. The highest BCUT2D eigenvalue weighted by atomic mass is 19.1. The average Bonchev–Trinajstić information content (AvgIpc) is 3.11. The van der Waals surface area contributed by atoms with Crippen molar-refractivity contribution in [1.82, 2.24) is 4.90 Å². The molecule has 2 aromatic carbocycles. The Morgan fingerprint density at radius 1 is 1.07 bits per heavy atom. The van der Waals surface area contributed by atoms with E-state index < -0.39 is 0 Å². The van der Waals surface area contributed by atoms with Crippen molar-refractivity contribution in [3.8, 4) is 11.3 Å². The Bertz CT molecular complexity index is 1020. The summed E-state index contributed by atoms with van der Waals surface area (Å²) >= 11 is 0. The summed E-state index contributed by atoms with van der Waals surface area (Å²) in [5.41, 5.74) is 3.08. The molecule has 28 heavy (non-hydrogen) atoms. The number of hydrogen-bond donors (Lipinski definition) is 1. The van der Waals surface area contributed by atoms with Gasteiger partial charge < -0.3 is 14.6 Å². The van der Waals surface area contributed by atoms with Crippen molar-refractivity contribution in [3.63, 3.8) is 0 Å². The van der Waals surface area contributed by atoms with Crippen LogP contribution in [-0.2, 0) is 17.8 Å². The van der Waals surface area contributed by atoms with Crippen LogP contribution in [-0.4, -0.2) is 23.3 Å². The second-order valence-electron chi connectivity index (χ2n) is 6.80. The van der Waals surface area contributed by atoms with E-state index in [1.54, 1.807) is 4.90 Å². The molecule has 1 aliphatic heterocycles. The first-order valence-electron chi connectivity index (χ1n) is 9.04. The maximum Gasteiger partial charge on any atom is 0.254 e. The zero-order valence-corrected chi connectivity index (χ0v) is 15.4. The highest BCUT2D eigenvalue weighted by Gasteiger charge is 2.25. The first-order chi connectivity index (χ1) is 13.5. The minimum absolute atomic E-state index is 0.118. The Balaban J connectivity index is 1.51. The van der Waals surface area contributed by atoms with Gasteiger partial charge in [-0.3, -0.25) is 9.59 Å². The van der Waals surface area contributed by atoms with E-state index in [0.717, 1.165) is 28.3 Å². The molecule has 1 aromatic heterocycles. The standard InChI is InChI=1S/C22H19FN2O3/c1-14(26)24-19-8-4-15(5-9-19)21-12-17-13-25(11-10-20(17)28-21)22(27)16-2-6-18(23)7-3-16/h2-9,12H,10-11,13H2,1H3,(H,24,26). The molecule has 0 unspecified atom stereocenters. The lowest BCUT2D eigenvalue weighted by Gasteiger charge is -2.26. The van der Waals surface area contributed by atoms with Crippen molar-refractivity contribution < 1.29 is 18.4 Å². The van der Waals surface area contributed by atoms with Crippen molar-refractivity contribution in [2.45, 2.75) is 19.9 Å². The minimum Gasteiger partial charge on any atom is -0.461 e. The summed E-state index contributed by atoms with van der Waals surface area (Å²) in [7, 11) is 0. The van der Waals surface area contributed by atoms with E-state index in [-0.39, 0.29) is 17.6 Å². The number of amides is 2. The summed E-state index contributed by atoms with van der Waals surface area (Å²) < 4.78 is 19.1. The first kappa shape index (κ1) is 18.0. The molecule has 2 heterocycles. The number of carbonyl (C=O) groups excluding carboxylic acids is 2. The second-order valence-corrected chi connectivity index (χ2v) is 6.80. The van der Waals surface area contributed by atoms with Crippen LogP contribution in [0.5, 0.6) is 0 Å². The predicted molar refractivity (Wildman–Crippen MR) is 103 cm³/mol. The Kier molecular flexibility index (Phi) is 4.69. The monoisotopic (exact) mass is 378 g/mol. The third-order valence-corrected chi connectivity index (χ3v) is 4.73. The quantitative estimate of drug-likeness (QED) is 0.741. The van der Waals surface area contributed by atoms with Crippen molar-refractivity contribution in [1.29, 1.82) is 0 Å².